The third kappa shape index (κ3) is 3.42. The molecule has 0 fully saturated rings. The molecule has 0 nitrogen and oxygen atoms in total. The Labute approximate surface area is 117 Å². The number of allylic oxidation sites excluding steroid dienone is 4. The van der Waals surface area contributed by atoms with Gasteiger partial charge in [0.15, 0.2) is 0 Å². The zero-order chi connectivity index (χ0) is 12.8. The summed E-state index contributed by atoms with van der Waals surface area (Å²) in [4.78, 5) is 0. The Morgan fingerprint density at radius 3 is 2.39 bits per heavy atom. The average molecular weight is 328 g/mol. The predicted molar refractivity (Wildman–Crippen MR) is 76.3 cm³/mol. The van der Waals surface area contributed by atoms with Crippen molar-refractivity contribution in [2.45, 2.75) is 43.1 Å². The molecule has 0 aliphatic heterocycles. The van der Waals surface area contributed by atoms with Crippen LogP contribution in [0.25, 0.3) is 0 Å². The minimum absolute atomic E-state index is 0.816. The van der Waals surface area contributed by atoms with Crippen molar-refractivity contribution in [3.05, 3.63) is 57.8 Å². The van der Waals surface area contributed by atoms with Gasteiger partial charge in [0.05, 0.1) is 0 Å². The maximum absolute atomic E-state index is 2.39. The van der Waals surface area contributed by atoms with E-state index in [0.29, 0.717) is 0 Å². The van der Waals surface area contributed by atoms with E-state index in [4.69, 9.17) is 0 Å². The predicted octanol–water partition coefficient (Wildman–Crippen LogP) is 5.26. The number of rotatable bonds is 5. The van der Waals surface area contributed by atoms with Gasteiger partial charge in [-0.15, -0.1) is 0 Å². The fourth-order valence-corrected chi connectivity index (χ4v) is 7.20. The number of hydrogen-bond donors (Lipinski definition) is 0. The SMILES string of the molecule is CCC1=[C]([Ru]([CH2]C)[CH2]c2ccccc2)CC=CC1. The average Bonchev–Trinajstić information content (AvgIpc) is 2.46. The molecule has 1 heteroatoms. The molecule has 0 heterocycles. The van der Waals surface area contributed by atoms with Crippen LogP contribution in [0.2, 0.25) is 5.02 Å². The first-order valence-electron chi connectivity index (χ1n) is 6.82. The van der Waals surface area contributed by atoms with E-state index in [9.17, 15) is 0 Å². The Morgan fingerprint density at radius 1 is 1.00 bits per heavy atom. The summed E-state index contributed by atoms with van der Waals surface area (Å²) in [6.45, 7) is 4.71. The molecule has 0 bridgehead atoms. The van der Waals surface area contributed by atoms with Gasteiger partial charge in [-0.3, -0.25) is 0 Å². The molecule has 0 N–H and O–H groups in total. The van der Waals surface area contributed by atoms with E-state index in [0.717, 1.165) is 0 Å². The van der Waals surface area contributed by atoms with Crippen molar-refractivity contribution in [2.24, 2.45) is 0 Å². The summed E-state index contributed by atoms with van der Waals surface area (Å²) in [5, 5.41) is 2.74. The summed E-state index contributed by atoms with van der Waals surface area (Å²) in [5.74, 6) is 0. The molecule has 2 rings (SSSR count). The Balaban J connectivity index is 2.15. The van der Waals surface area contributed by atoms with Gasteiger partial charge >= 0.3 is 117 Å². The van der Waals surface area contributed by atoms with Crippen LogP contribution in [0, 0.1) is 0 Å². The number of hydrogen-bond acceptors (Lipinski definition) is 0. The second-order valence-electron chi connectivity index (χ2n) is 4.51. The van der Waals surface area contributed by atoms with Crippen LogP contribution >= 0.6 is 0 Å². The molecule has 0 saturated carbocycles. The van der Waals surface area contributed by atoms with E-state index in [2.05, 4.69) is 56.3 Å². The van der Waals surface area contributed by atoms with Crippen molar-refractivity contribution < 1.29 is 16.0 Å². The molecule has 18 heavy (non-hydrogen) atoms. The standard InChI is InChI=1S/C8H11.C7H7.C2H5.Ru/c1-2-8-6-4-3-5-7-8;1-7-5-3-2-4-6-7;1-2;/h3-4H,2,5-6H2,1H3;2-6H,1H2;1H2,2H3;. The maximum atomic E-state index is 2.39. The first kappa shape index (κ1) is 13.7. The summed E-state index contributed by atoms with van der Waals surface area (Å²) < 4.78 is 1.86. The van der Waals surface area contributed by atoms with Crippen molar-refractivity contribution in [1.29, 1.82) is 0 Å². The van der Waals surface area contributed by atoms with E-state index in [1.165, 1.54) is 34.9 Å². The van der Waals surface area contributed by atoms with Crippen LogP contribution in [0.3, 0.4) is 0 Å². The quantitative estimate of drug-likeness (QED) is 0.511. The second kappa shape index (κ2) is 7.05. The molecule has 0 saturated heterocycles. The Hall–Kier alpha value is -0.677. The molecule has 0 atom stereocenters. The Kier molecular flexibility index (Phi) is 5.38. The molecule has 1 aliphatic rings. The van der Waals surface area contributed by atoms with Crippen LogP contribution in [-0.4, -0.2) is 0 Å². The Bertz CT molecular complexity index is 428. The van der Waals surface area contributed by atoms with Gasteiger partial charge < -0.3 is 0 Å². The monoisotopic (exact) mass is 329 g/mol. The molecule has 99 valence electrons. The summed E-state index contributed by atoms with van der Waals surface area (Å²) in [7, 11) is 0. The summed E-state index contributed by atoms with van der Waals surface area (Å²) in [6.07, 6.45) is 8.44. The zero-order valence-electron chi connectivity index (χ0n) is 11.4. The van der Waals surface area contributed by atoms with Crippen LogP contribution in [0.5, 0.6) is 0 Å². The third-order valence-electron chi connectivity index (χ3n) is 3.37. The van der Waals surface area contributed by atoms with Crippen molar-refractivity contribution in [3.8, 4) is 0 Å². The third-order valence-corrected chi connectivity index (χ3v) is 8.75. The van der Waals surface area contributed by atoms with E-state index < -0.39 is 16.0 Å². The summed E-state index contributed by atoms with van der Waals surface area (Å²) >= 11 is -0.816. The van der Waals surface area contributed by atoms with Crippen LogP contribution < -0.4 is 0 Å². The fraction of sp³-hybridized carbons (Fsp3) is 0.412. The van der Waals surface area contributed by atoms with Gasteiger partial charge in [-0.05, 0) is 0 Å². The van der Waals surface area contributed by atoms with Crippen molar-refractivity contribution in [1.82, 2.24) is 0 Å². The molecule has 0 radical (unpaired) electrons. The van der Waals surface area contributed by atoms with Crippen LogP contribution in [-0.2, 0) is 21.0 Å². The molecule has 1 aromatic carbocycles. The van der Waals surface area contributed by atoms with Crippen LogP contribution in [0.1, 0.15) is 38.7 Å². The minimum atomic E-state index is -0.816. The first-order valence-corrected chi connectivity index (χ1v) is 10.1. The fourth-order valence-electron chi connectivity index (χ4n) is 2.32. The van der Waals surface area contributed by atoms with E-state index in [1.807, 2.05) is 4.17 Å². The molecule has 0 spiro atoms. The summed E-state index contributed by atoms with van der Waals surface area (Å²) in [5.41, 5.74) is 3.28. The molecular weight excluding hydrogens is 305 g/mol. The first-order chi connectivity index (χ1) is 8.85. The normalized spacial score (nSPS) is 16.0. The van der Waals surface area contributed by atoms with Crippen molar-refractivity contribution in [2.75, 3.05) is 0 Å². The van der Waals surface area contributed by atoms with Gasteiger partial charge in [0, 0.05) is 0 Å². The Morgan fingerprint density at radius 2 is 1.72 bits per heavy atom. The van der Waals surface area contributed by atoms with E-state index in [-0.39, 0.29) is 0 Å². The molecule has 0 amide bonds. The summed E-state index contributed by atoms with van der Waals surface area (Å²) in [6, 6.07) is 11.1. The van der Waals surface area contributed by atoms with Crippen LogP contribution in [0.4, 0.5) is 0 Å². The van der Waals surface area contributed by atoms with Crippen LogP contribution in [0.15, 0.2) is 52.2 Å². The van der Waals surface area contributed by atoms with Gasteiger partial charge in [0.1, 0.15) is 0 Å². The molecule has 0 aromatic heterocycles. The molecule has 1 aromatic rings. The van der Waals surface area contributed by atoms with E-state index >= 15 is 0 Å². The molecule has 0 unspecified atom stereocenters. The molecular formula is C17H23Ru. The second-order valence-corrected chi connectivity index (χ2v) is 9.50. The topological polar surface area (TPSA) is 0 Å². The van der Waals surface area contributed by atoms with Gasteiger partial charge in [0.2, 0.25) is 0 Å². The van der Waals surface area contributed by atoms with Crippen molar-refractivity contribution >= 4 is 0 Å². The van der Waals surface area contributed by atoms with Gasteiger partial charge in [-0.1, -0.05) is 0 Å². The zero-order valence-corrected chi connectivity index (χ0v) is 13.2. The molecule has 1 aliphatic carbocycles. The van der Waals surface area contributed by atoms with Gasteiger partial charge in [-0.25, -0.2) is 0 Å². The van der Waals surface area contributed by atoms with Gasteiger partial charge in [0.25, 0.3) is 0 Å². The van der Waals surface area contributed by atoms with Gasteiger partial charge in [-0.2, -0.15) is 0 Å². The van der Waals surface area contributed by atoms with E-state index in [1.54, 1.807) is 5.57 Å². The van der Waals surface area contributed by atoms with Crippen molar-refractivity contribution in [3.63, 3.8) is 0 Å². The number of benzene rings is 1.